The smallest absolute Gasteiger partial charge is 0.321 e. The third-order valence-corrected chi connectivity index (χ3v) is 10.3. The van der Waals surface area contributed by atoms with Crippen molar-refractivity contribution in [2.75, 3.05) is 25.2 Å². The molecule has 2 fully saturated rings. The molecule has 4 rings (SSSR count). The normalized spacial score (nSPS) is 19.3. The Hall–Kier alpha value is -2.32. The van der Waals surface area contributed by atoms with Crippen LogP contribution in [0.3, 0.4) is 0 Å². The summed E-state index contributed by atoms with van der Waals surface area (Å²) >= 11 is 3.43. The van der Waals surface area contributed by atoms with Crippen LogP contribution in [0.1, 0.15) is 56.1 Å². The summed E-state index contributed by atoms with van der Waals surface area (Å²) in [6, 6.07) is 15.5. The summed E-state index contributed by atoms with van der Waals surface area (Å²) in [5.41, 5.74) is 1.73. The summed E-state index contributed by atoms with van der Waals surface area (Å²) in [6.07, 6.45) is 5.35. The van der Waals surface area contributed by atoms with Crippen molar-refractivity contribution in [2.45, 2.75) is 55.1 Å². The van der Waals surface area contributed by atoms with E-state index in [9.17, 15) is 14.7 Å². The van der Waals surface area contributed by atoms with E-state index in [0.717, 1.165) is 54.7 Å². The van der Waals surface area contributed by atoms with Crippen molar-refractivity contribution in [1.82, 2.24) is 0 Å². The molecule has 2 aromatic rings. The Labute approximate surface area is 221 Å². The first kappa shape index (κ1) is 26.7. The number of benzene rings is 2. The van der Waals surface area contributed by atoms with Crippen LogP contribution >= 0.6 is 23.5 Å². The Morgan fingerprint density at radius 1 is 1.03 bits per heavy atom. The summed E-state index contributed by atoms with van der Waals surface area (Å²) in [6.45, 7) is 1.82. The minimum atomic E-state index is -1.38. The molecule has 0 bridgehead atoms. The van der Waals surface area contributed by atoms with Gasteiger partial charge in [-0.2, -0.15) is 0 Å². The molecular weight excluding hydrogens is 496 g/mol. The van der Waals surface area contributed by atoms with Gasteiger partial charge in [0.1, 0.15) is 0 Å². The van der Waals surface area contributed by atoms with Crippen LogP contribution in [-0.2, 0) is 18.4 Å². The van der Waals surface area contributed by atoms with Crippen molar-refractivity contribution >= 4 is 35.5 Å². The first-order valence-electron chi connectivity index (χ1n) is 12.6. The second-order valence-corrected chi connectivity index (χ2v) is 12.0. The quantitative estimate of drug-likeness (QED) is 0.292. The van der Waals surface area contributed by atoms with Crippen LogP contribution in [0.2, 0.25) is 0 Å². The van der Waals surface area contributed by atoms with Gasteiger partial charge in [0.15, 0.2) is 17.4 Å². The lowest BCUT2D eigenvalue weighted by molar-refractivity contribution is -0.159. The highest BCUT2D eigenvalue weighted by Crippen LogP contribution is 2.61. The van der Waals surface area contributed by atoms with Gasteiger partial charge in [-0.25, -0.2) is 0 Å². The maximum atomic E-state index is 13.2. The minimum Gasteiger partial charge on any atom is -0.493 e. The van der Waals surface area contributed by atoms with Crippen LogP contribution in [0, 0.1) is 5.92 Å². The average molecular weight is 531 g/mol. The van der Waals surface area contributed by atoms with E-state index in [4.69, 9.17) is 14.2 Å². The Morgan fingerprint density at radius 2 is 1.72 bits per heavy atom. The Balaban J connectivity index is 1.89. The number of esters is 1. The van der Waals surface area contributed by atoms with Gasteiger partial charge in [-0.1, -0.05) is 36.4 Å². The molecule has 2 aromatic carbocycles. The number of thioether (sulfide) groups is 2. The van der Waals surface area contributed by atoms with Gasteiger partial charge in [0.05, 0.1) is 23.9 Å². The summed E-state index contributed by atoms with van der Waals surface area (Å²) in [5.74, 6) is -1.04. The lowest BCUT2D eigenvalue weighted by atomic mass is 9.80. The zero-order chi connectivity index (χ0) is 25.5. The highest BCUT2D eigenvalue weighted by molar-refractivity contribution is 8.18. The zero-order valence-electron chi connectivity index (χ0n) is 20.8. The highest BCUT2D eigenvalue weighted by atomic mass is 32.2. The van der Waals surface area contributed by atoms with E-state index in [0.29, 0.717) is 11.5 Å². The molecule has 1 saturated heterocycles. The fourth-order valence-electron chi connectivity index (χ4n) is 5.15. The number of aliphatic carboxylic acids is 1. The first-order chi connectivity index (χ1) is 17.5. The molecule has 6 nitrogen and oxygen atoms in total. The lowest BCUT2D eigenvalue weighted by Gasteiger charge is -2.44. The number of methoxy groups -OCH3 is 1. The van der Waals surface area contributed by atoms with Crippen LogP contribution in [-0.4, -0.2) is 48.4 Å². The molecule has 1 heterocycles. The van der Waals surface area contributed by atoms with E-state index in [1.165, 1.54) is 0 Å². The summed E-state index contributed by atoms with van der Waals surface area (Å²) < 4.78 is 16.6. The van der Waals surface area contributed by atoms with E-state index < -0.39 is 27.9 Å². The SMILES string of the molecule is CCOC(=O)C(C(=O)O)C(c1ccc(OC)c(OC2CCCC2)c1)C1(c2ccccc2)SCCCS1. The fourth-order valence-corrected chi connectivity index (χ4v) is 8.86. The number of carboxylic acid groups (broad SMARTS) is 1. The Bertz CT molecular complexity index is 1030. The van der Waals surface area contributed by atoms with E-state index in [1.54, 1.807) is 37.6 Å². The maximum absolute atomic E-state index is 13.2. The average Bonchev–Trinajstić information content (AvgIpc) is 3.41. The van der Waals surface area contributed by atoms with Crippen molar-refractivity contribution in [3.63, 3.8) is 0 Å². The van der Waals surface area contributed by atoms with Gasteiger partial charge in [-0.05, 0) is 73.8 Å². The number of ether oxygens (including phenoxy) is 3. The molecule has 0 aromatic heterocycles. The van der Waals surface area contributed by atoms with E-state index in [1.807, 2.05) is 48.5 Å². The molecule has 36 heavy (non-hydrogen) atoms. The predicted molar refractivity (Wildman–Crippen MR) is 144 cm³/mol. The van der Waals surface area contributed by atoms with Crippen molar-refractivity contribution < 1.29 is 28.9 Å². The molecule has 1 aliphatic carbocycles. The number of hydrogen-bond donors (Lipinski definition) is 1. The van der Waals surface area contributed by atoms with Gasteiger partial charge in [0.2, 0.25) is 0 Å². The van der Waals surface area contributed by atoms with Crippen LogP contribution in [0.5, 0.6) is 11.5 Å². The van der Waals surface area contributed by atoms with Crippen LogP contribution in [0.25, 0.3) is 0 Å². The second-order valence-electron chi connectivity index (χ2n) is 9.06. The van der Waals surface area contributed by atoms with Crippen molar-refractivity contribution in [3.05, 3.63) is 59.7 Å². The Morgan fingerprint density at radius 3 is 2.33 bits per heavy atom. The molecule has 0 radical (unpaired) electrons. The number of carbonyl (C=O) groups excluding carboxylic acids is 1. The molecule has 1 N–H and O–H groups in total. The van der Waals surface area contributed by atoms with Crippen LogP contribution < -0.4 is 9.47 Å². The summed E-state index contributed by atoms with van der Waals surface area (Å²) in [4.78, 5) is 26.0. The van der Waals surface area contributed by atoms with Gasteiger partial charge < -0.3 is 19.3 Å². The molecule has 0 amide bonds. The van der Waals surface area contributed by atoms with Gasteiger partial charge in [-0.15, -0.1) is 23.5 Å². The largest absolute Gasteiger partial charge is 0.493 e. The molecule has 2 aliphatic rings. The molecule has 2 atom stereocenters. The van der Waals surface area contributed by atoms with Gasteiger partial charge in [-0.3, -0.25) is 9.59 Å². The van der Waals surface area contributed by atoms with E-state index >= 15 is 0 Å². The van der Waals surface area contributed by atoms with Gasteiger partial charge in [0.25, 0.3) is 0 Å². The predicted octanol–water partition coefficient (Wildman–Crippen LogP) is 6.09. The first-order valence-corrected chi connectivity index (χ1v) is 14.5. The molecular formula is C28H34O6S2. The van der Waals surface area contributed by atoms with E-state index in [-0.39, 0.29) is 12.7 Å². The van der Waals surface area contributed by atoms with Gasteiger partial charge in [0, 0.05) is 5.92 Å². The highest BCUT2D eigenvalue weighted by Gasteiger charge is 2.53. The number of carboxylic acids is 1. The minimum absolute atomic E-state index is 0.106. The fraction of sp³-hybridized carbons (Fsp3) is 0.500. The lowest BCUT2D eigenvalue weighted by Crippen LogP contribution is -2.42. The Kier molecular flexibility index (Phi) is 9.12. The van der Waals surface area contributed by atoms with Crippen LogP contribution in [0.15, 0.2) is 48.5 Å². The number of hydrogen-bond acceptors (Lipinski definition) is 7. The molecule has 0 spiro atoms. The molecule has 194 valence electrons. The van der Waals surface area contributed by atoms with Crippen molar-refractivity contribution in [1.29, 1.82) is 0 Å². The number of rotatable bonds is 10. The molecule has 1 saturated carbocycles. The summed E-state index contributed by atoms with van der Waals surface area (Å²) in [7, 11) is 1.60. The third-order valence-electron chi connectivity index (χ3n) is 6.79. The monoisotopic (exact) mass is 530 g/mol. The van der Waals surface area contributed by atoms with E-state index in [2.05, 4.69) is 0 Å². The second kappa shape index (κ2) is 12.3. The van der Waals surface area contributed by atoms with Crippen LogP contribution in [0.4, 0.5) is 0 Å². The summed E-state index contributed by atoms with van der Waals surface area (Å²) in [5, 5.41) is 10.4. The molecule has 2 unspecified atom stereocenters. The third kappa shape index (κ3) is 5.65. The van der Waals surface area contributed by atoms with Gasteiger partial charge >= 0.3 is 11.9 Å². The topological polar surface area (TPSA) is 82.1 Å². The molecule has 1 aliphatic heterocycles. The number of carbonyl (C=O) groups is 2. The van der Waals surface area contributed by atoms with Crippen molar-refractivity contribution in [3.8, 4) is 11.5 Å². The standard InChI is InChI=1S/C28H34O6S2/c1-3-33-27(31)24(26(29)30)25(28(35-16-9-17-36-28)20-10-5-4-6-11-20)19-14-15-22(32-2)23(18-19)34-21-12-7-8-13-21/h4-6,10-11,14-15,18,21,24-25H,3,7-9,12-13,16-17H2,1-2H3,(H,29,30). The molecule has 8 heteroatoms. The zero-order valence-corrected chi connectivity index (χ0v) is 22.4. The van der Waals surface area contributed by atoms with Crippen molar-refractivity contribution in [2.24, 2.45) is 5.92 Å². The maximum Gasteiger partial charge on any atom is 0.321 e.